The van der Waals surface area contributed by atoms with Gasteiger partial charge in [-0.1, -0.05) is 12.1 Å². The molecule has 0 aliphatic carbocycles. The molecule has 0 radical (unpaired) electrons. The Labute approximate surface area is 128 Å². The summed E-state index contributed by atoms with van der Waals surface area (Å²) in [4.78, 5) is 16.7. The van der Waals surface area contributed by atoms with Crippen LogP contribution in [0.15, 0.2) is 30.6 Å². The lowest BCUT2D eigenvalue weighted by atomic mass is 9.97. The van der Waals surface area contributed by atoms with Crippen LogP contribution in [0.2, 0.25) is 0 Å². The standard InChI is InChI=1S/C16H17N3O3/c20-16(11-4-6-19-7-5-17-14(19)8-11)18-9-12-2-1-3-13-15(12)22-10-21-13/h1-3,5,7,11H,4,6,8-10H2,(H,18,20). The molecule has 1 amide bonds. The Morgan fingerprint density at radius 3 is 3.32 bits per heavy atom. The number of para-hydroxylation sites is 1. The maximum absolute atomic E-state index is 12.4. The van der Waals surface area contributed by atoms with Crippen LogP contribution in [0.1, 0.15) is 17.8 Å². The molecule has 0 spiro atoms. The number of carbonyl (C=O) groups is 1. The van der Waals surface area contributed by atoms with Gasteiger partial charge in [-0.25, -0.2) is 4.98 Å². The van der Waals surface area contributed by atoms with Crippen molar-refractivity contribution in [3.63, 3.8) is 0 Å². The van der Waals surface area contributed by atoms with E-state index in [-0.39, 0.29) is 18.6 Å². The first-order valence-corrected chi connectivity index (χ1v) is 7.46. The number of rotatable bonds is 3. The molecule has 6 heteroatoms. The van der Waals surface area contributed by atoms with Gasteiger partial charge in [0.05, 0.1) is 0 Å². The summed E-state index contributed by atoms with van der Waals surface area (Å²) >= 11 is 0. The molecule has 0 bridgehead atoms. The number of nitrogens with one attached hydrogen (secondary N) is 1. The molecule has 114 valence electrons. The zero-order chi connectivity index (χ0) is 14.9. The Morgan fingerprint density at radius 1 is 1.41 bits per heavy atom. The van der Waals surface area contributed by atoms with Gasteiger partial charge in [-0.3, -0.25) is 4.79 Å². The van der Waals surface area contributed by atoms with E-state index in [1.54, 1.807) is 6.20 Å². The largest absolute Gasteiger partial charge is 0.454 e. The van der Waals surface area contributed by atoms with Crippen molar-refractivity contribution in [1.82, 2.24) is 14.9 Å². The van der Waals surface area contributed by atoms with Crippen LogP contribution >= 0.6 is 0 Å². The van der Waals surface area contributed by atoms with Gasteiger partial charge < -0.3 is 19.4 Å². The molecule has 0 fully saturated rings. The number of benzene rings is 1. The molecule has 2 aliphatic rings. The molecular formula is C16H17N3O3. The van der Waals surface area contributed by atoms with Crippen LogP contribution in [0.3, 0.4) is 0 Å². The van der Waals surface area contributed by atoms with Crippen molar-refractivity contribution in [2.75, 3.05) is 6.79 Å². The second kappa shape index (κ2) is 5.36. The molecule has 1 N–H and O–H groups in total. The average molecular weight is 299 g/mol. The van der Waals surface area contributed by atoms with Crippen LogP contribution in [0, 0.1) is 5.92 Å². The Hall–Kier alpha value is -2.50. The van der Waals surface area contributed by atoms with Crippen molar-refractivity contribution < 1.29 is 14.3 Å². The van der Waals surface area contributed by atoms with Gasteiger partial charge in [0.25, 0.3) is 0 Å². The second-order valence-electron chi connectivity index (χ2n) is 5.60. The van der Waals surface area contributed by atoms with Gasteiger partial charge in [0.15, 0.2) is 11.5 Å². The number of fused-ring (bicyclic) bond motifs is 2. The monoisotopic (exact) mass is 299 g/mol. The predicted octanol–water partition coefficient (Wildman–Crippen LogP) is 1.49. The summed E-state index contributed by atoms with van der Waals surface area (Å²) in [5, 5.41) is 3.01. The molecule has 0 saturated heterocycles. The molecule has 1 aromatic heterocycles. The first-order chi connectivity index (χ1) is 10.8. The minimum atomic E-state index is -0.0103. The Morgan fingerprint density at radius 2 is 2.36 bits per heavy atom. The second-order valence-corrected chi connectivity index (χ2v) is 5.60. The molecule has 0 saturated carbocycles. The van der Waals surface area contributed by atoms with Crippen molar-refractivity contribution in [3.05, 3.63) is 42.0 Å². The Balaban J connectivity index is 1.40. The van der Waals surface area contributed by atoms with E-state index in [9.17, 15) is 4.79 Å². The predicted molar refractivity (Wildman–Crippen MR) is 78.4 cm³/mol. The number of hydrogen-bond donors (Lipinski definition) is 1. The Kier molecular flexibility index (Phi) is 3.21. The van der Waals surface area contributed by atoms with Gasteiger partial charge in [0.1, 0.15) is 5.82 Å². The third kappa shape index (κ3) is 2.30. The lowest BCUT2D eigenvalue weighted by Gasteiger charge is -2.22. The molecular weight excluding hydrogens is 282 g/mol. The zero-order valence-electron chi connectivity index (χ0n) is 12.1. The third-order valence-corrected chi connectivity index (χ3v) is 4.25. The SMILES string of the molecule is O=C(NCc1cccc2c1OCO2)C1CCn2ccnc2C1. The number of nitrogens with zero attached hydrogens (tertiary/aromatic N) is 2. The lowest BCUT2D eigenvalue weighted by molar-refractivity contribution is -0.125. The van der Waals surface area contributed by atoms with Crippen LogP contribution in [-0.4, -0.2) is 22.3 Å². The van der Waals surface area contributed by atoms with Crippen molar-refractivity contribution in [1.29, 1.82) is 0 Å². The summed E-state index contributed by atoms with van der Waals surface area (Å²) in [7, 11) is 0. The van der Waals surface area contributed by atoms with E-state index in [1.165, 1.54) is 0 Å². The van der Waals surface area contributed by atoms with Crippen molar-refractivity contribution in [2.24, 2.45) is 5.92 Å². The fraction of sp³-hybridized carbons (Fsp3) is 0.375. The highest BCUT2D eigenvalue weighted by Crippen LogP contribution is 2.35. The fourth-order valence-corrected chi connectivity index (χ4v) is 3.03. The molecule has 4 rings (SSSR count). The number of aryl methyl sites for hydroxylation is 1. The van der Waals surface area contributed by atoms with Crippen molar-refractivity contribution in [3.8, 4) is 11.5 Å². The number of amides is 1. The van der Waals surface area contributed by atoms with Gasteiger partial charge in [-0.05, 0) is 12.5 Å². The topological polar surface area (TPSA) is 65.4 Å². The number of ether oxygens (including phenoxy) is 2. The maximum Gasteiger partial charge on any atom is 0.231 e. The molecule has 3 heterocycles. The van der Waals surface area contributed by atoms with E-state index >= 15 is 0 Å². The molecule has 1 aromatic carbocycles. The van der Waals surface area contributed by atoms with Gasteiger partial charge in [0, 0.05) is 43.4 Å². The molecule has 2 aliphatic heterocycles. The highest BCUT2D eigenvalue weighted by atomic mass is 16.7. The summed E-state index contributed by atoms with van der Waals surface area (Å²) in [6.07, 6.45) is 5.31. The van der Waals surface area contributed by atoms with Crippen LogP contribution in [0.5, 0.6) is 11.5 Å². The van der Waals surface area contributed by atoms with Crippen LogP contribution in [0.25, 0.3) is 0 Å². The number of imidazole rings is 1. The van der Waals surface area contributed by atoms with Gasteiger partial charge in [-0.2, -0.15) is 0 Å². The highest BCUT2D eigenvalue weighted by molar-refractivity contribution is 5.79. The minimum absolute atomic E-state index is 0.0103. The maximum atomic E-state index is 12.4. The summed E-state index contributed by atoms with van der Waals surface area (Å²) in [5.74, 6) is 2.53. The van der Waals surface area contributed by atoms with E-state index in [4.69, 9.17) is 9.47 Å². The van der Waals surface area contributed by atoms with Gasteiger partial charge in [-0.15, -0.1) is 0 Å². The van der Waals surface area contributed by atoms with E-state index in [1.807, 2.05) is 24.4 Å². The summed E-state index contributed by atoms with van der Waals surface area (Å²) in [6, 6.07) is 5.72. The Bertz CT molecular complexity index is 710. The minimum Gasteiger partial charge on any atom is -0.454 e. The zero-order valence-corrected chi connectivity index (χ0v) is 12.1. The molecule has 6 nitrogen and oxygen atoms in total. The fourth-order valence-electron chi connectivity index (χ4n) is 3.03. The average Bonchev–Trinajstić information content (AvgIpc) is 3.20. The molecule has 2 aromatic rings. The van der Waals surface area contributed by atoms with Crippen molar-refractivity contribution in [2.45, 2.75) is 25.9 Å². The van der Waals surface area contributed by atoms with E-state index in [2.05, 4.69) is 14.9 Å². The molecule has 22 heavy (non-hydrogen) atoms. The molecule has 1 atom stereocenters. The van der Waals surface area contributed by atoms with E-state index in [0.717, 1.165) is 35.9 Å². The smallest absolute Gasteiger partial charge is 0.231 e. The number of carbonyl (C=O) groups excluding carboxylic acids is 1. The van der Waals surface area contributed by atoms with E-state index < -0.39 is 0 Å². The summed E-state index contributed by atoms with van der Waals surface area (Å²) in [6.45, 7) is 1.55. The van der Waals surface area contributed by atoms with Gasteiger partial charge in [0.2, 0.25) is 12.7 Å². The number of aromatic nitrogens is 2. The van der Waals surface area contributed by atoms with Crippen LogP contribution in [-0.2, 0) is 24.3 Å². The third-order valence-electron chi connectivity index (χ3n) is 4.25. The van der Waals surface area contributed by atoms with Crippen LogP contribution < -0.4 is 14.8 Å². The molecule has 1 unspecified atom stereocenters. The lowest BCUT2D eigenvalue weighted by Crippen LogP contribution is -2.35. The first kappa shape index (κ1) is 13.2. The van der Waals surface area contributed by atoms with Crippen molar-refractivity contribution >= 4 is 5.91 Å². The van der Waals surface area contributed by atoms with E-state index in [0.29, 0.717) is 13.0 Å². The van der Waals surface area contributed by atoms with Gasteiger partial charge >= 0.3 is 0 Å². The number of hydrogen-bond acceptors (Lipinski definition) is 4. The van der Waals surface area contributed by atoms with Crippen LogP contribution in [0.4, 0.5) is 0 Å². The highest BCUT2D eigenvalue weighted by Gasteiger charge is 2.25. The summed E-state index contributed by atoms with van der Waals surface area (Å²) < 4.78 is 12.9. The quantitative estimate of drug-likeness (QED) is 0.932. The summed E-state index contributed by atoms with van der Waals surface area (Å²) in [5.41, 5.74) is 0.945. The first-order valence-electron chi connectivity index (χ1n) is 7.46. The normalized spacial score (nSPS) is 18.8.